The van der Waals surface area contributed by atoms with E-state index >= 15 is 0 Å². The molecule has 0 fully saturated rings. The molecule has 0 spiro atoms. The Balaban J connectivity index is 0.000000126. The SMILES string of the molecule is Brc1ccc(-c2ccc3ccc4ccccc4c3c2)cc1.Brc1ccc(I)cc1.Brc1ccc2ccc3ccccc3c2c1.CC(C)OB(OC(C)C)OC(C)C.OB(O)c1c2ccccc2c(-c2ccc3ccccc3c2)c2ccccc12.OB(O)c1ccc2ccc3ccccc3c2c1.[CH2-]CCC.[Li+].c1ccc2cc(-c3c4ccccc4c(-c4ccc(-c5ccc6ccc7ccccc7c6c5)cc4)c4ccccc34)ccc2c1. The standard InChI is InChI=1S/C44H28.C24H17BO2.C20H13Br.C14H11BO2.C14H9Br.C9H21BO3.C6H4BrI.C4H9.Li/c1-2-11-34-27-36(26-19-29(34)9-1)44-40-15-7-5-13-38(40)43(39-14-6-8-16-41(39)44)33-23-17-30(18-24-33)35-25-22-32-21-20-31-10-3-4-12-37(31)42(32)28-35;26-25(27)24-21-11-5-3-9-19(21)23(20-10-4-6-12-22(20)24)18-14-13-16-7-1-2-8-17(16)15-18;21-18-11-9-14(10-12-18)17-8-7-16-6-5-15-3-1-2-4-19(15)20(16)13-17;16-15(17)12-8-7-11-6-5-10-3-1-2-4-13(10)14(11)9-12;15-12-8-7-11-6-5-10-3-1-2-4-13(10)14(11)9-12;1-7(2)11-10(12-8(3)4)13-9(5)6;7-5-1-3-6(8)4-2-5;1-3-4-2;/h1-28H;1-15,26-27H;1-13H;1-9,16-17H;1-9H;7-9H,1-6H3;1-4H;1,3-4H2,2H3;/q;;;;;;;-1;+1. The molecule has 25 aromatic rings. The fourth-order valence-corrected chi connectivity index (χ4v) is 20.6. The predicted molar refractivity (Wildman–Crippen MR) is 661 cm³/mol. The first-order chi connectivity index (χ1) is 72.6. The van der Waals surface area contributed by atoms with Crippen LogP contribution < -0.4 is 29.8 Å². The van der Waals surface area contributed by atoms with Crippen molar-refractivity contribution in [2.45, 2.75) is 79.6 Å². The van der Waals surface area contributed by atoms with Crippen LogP contribution >= 0.6 is 70.4 Å². The number of rotatable bonds is 14. The van der Waals surface area contributed by atoms with Crippen LogP contribution in [0.4, 0.5) is 0 Å². The van der Waals surface area contributed by atoms with Crippen molar-refractivity contribution in [3.63, 3.8) is 0 Å². The van der Waals surface area contributed by atoms with Gasteiger partial charge in [-0.15, -0.1) is 0 Å². The van der Waals surface area contributed by atoms with Gasteiger partial charge in [0, 0.05) is 35.3 Å². The maximum absolute atomic E-state index is 10.1. The Bertz CT molecular complexity index is 8890. The quantitative estimate of drug-likeness (QED) is 0.0282. The molecular formula is C135H112B3Br3ILiO7. The first-order valence-electron chi connectivity index (χ1n) is 50.5. The van der Waals surface area contributed by atoms with E-state index in [0.717, 1.165) is 74.1 Å². The summed E-state index contributed by atoms with van der Waals surface area (Å²) in [6, 6.07) is 166. The van der Waals surface area contributed by atoms with E-state index in [1.54, 1.807) is 6.07 Å². The van der Waals surface area contributed by atoms with Crippen LogP contribution in [-0.2, 0) is 14.0 Å². The minimum atomic E-state index is -1.52. The number of halogens is 4. The maximum Gasteiger partial charge on any atom is 1.00 e. The first-order valence-corrected chi connectivity index (χ1v) is 54.0. The molecule has 0 atom stereocenters. The van der Waals surface area contributed by atoms with Crippen molar-refractivity contribution >= 4 is 254 Å². The van der Waals surface area contributed by atoms with E-state index < -0.39 is 21.6 Å². The van der Waals surface area contributed by atoms with E-state index in [9.17, 15) is 20.1 Å². The summed E-state index contributed by atoms with van der Waals surface area (Å²) in [7, 11) is -3.48. The second-order valence-corrected chi connectivity index (χ2v) is 41.7. The summed E-state index contributed by atoms with van der Waals surface area (Å²) >= 11 is 12.6. The van der Waals surface area contributed by atoms with Crippen LogP contribution in [0, 0.1) is 10.5 Å². The molecule has 25 aromatic carbocycles. The summed E-state index contributed by atoms with van der Waals surface area (Å²) < 4.78 is 20.9. The maximum atomic E-state index is 10.1. The zero-order chi connectivity index (χ0) is 104. The smallest absolute Gasteiger partial charge is 0.423 e. The van der Waals surface area contributed by atoms with E-state index in [4.69, 9.17) is 14.0 Å². The molecule has 0 aromatic heterocycles. The van der Waals surface area contributed by atoms with Crippen LogP contribution in [0.25, 0.3) is 206 Å². The van der Waals surface area contributed by atoms with Crippen LogP contribution in [0.5, 0.6) is 0 Å². The van der Waals surface area contributed by atoms with Gasteiger partial charge in [0.25, 0.3) is 0 Å². The van der Waals surface area contributed by atoms with Crippen molar-refractivity contribution in [1.82, 2.24) is 0 Å². The Labute approximate surface area is 930 Å². The molecule has 0 radical (unpaired) electrons. The molecule has 0 saturated heterocycles. The van der Waals surface area contributed by atoms with Gasteiger partial charge >= 0.3 is 40.4 Å². The van der Waals surface area contributed by atoms with Crippen molar-refractivity contribution in [1.29, 1.82) is 0 Å². The average Bonchev–Trinajstić information content (AvgIpc) is 0.737. The molecule has 0 unspecified atom stereocenters. The van der Waals surface area contributed by atoms with E-state index in [0.29, 0.717) is 10.9 Å². The van der Waals surface area contributed by atoms with E-state index in [2.05, 4.69) is 454 Å². The molecule has 732 valence electrons. The van der Waals surface area contributed by atoms with E-state index in [1.807, 2.05) is 139 Å². The van der Waals surface area contributed by atoms with Crippen molar-refractivity contribution < 1.29 is 52.9 Å². The zero-order valence-electron chi connectivity index (χ0n) is 85.1. The van der Waals surface area contributed by atoms with Gasteiger partial charge in [-0.05, 0) is 354 Å². The third-order valence-corrected chi connectivity index (χ3v) is 28.8. The number of hydrogen-bond donors (Lipinski definition) is 4. The normalized spacial score (nSPS) is 11.1. The molecule has 15 heteroatoms. The molecule has 0 aliphatic rings. The van der Waals surface area contributed by atoms with Gasteiger partial charge in [-0.2, -0.15) is 6.42 Å². The molecule has 4 N–H and O–H groups in total. The average molecular weight is 2250 g/mol. The first kappa shape index (κ1) is 108. The molecule has 7 nitrogen and oxygen atoms in total. The second-order valence-electron chi connectivity index (χ2n) is 37.7. The van der Waals surface area contributed by atoms with Gasteiger partial charge in [0.2, 0.25) is 0 Å². The Kier molecular flexibility index (Phi) is 36.8. The summed E-state index contributed by atoms with van der Waals surface area (Å²) in [5.41, 5.74) is 13.4. The predicted octanol–water partition coefficient (Wildman–Crippen LogP) is 33.7. The number of benzene rings is 25. The molecule has 0 heterocycles. The van der Waals surface area contributed by atoms with Crippen LogP contribution in [0.2, 0.25) is 0 Å². The van der Waals surface area contributed by atoms with Gasteiger partial charge in [0.1, 0.15) is 0 Å². The molecule has 0 aliphatic carbocycles. The second kappa shape index (κ2) is 51.1. The number of hydrogen-bond acceptors (Lipinski definition) is 7. The fraction of sp³-hybridized carbons (Fsp3) is 0.0889. The van der Waals surface area contributed by atoms with Crippen LogP contribution in [0.15, 0.2) is 487 Å². The van der Waals surface area contributed by atoms with Crippen molar-refractivity contribution in [2.75, 3.05) is 0 Å². The summed E-state index contributed by atoms with van der Waals surface area (Å²) in [4.78, 5) is 0. The molecule has 25 rings (SSSR count). The molecule has 0 amide bonds. The summed E-state index contributed by atoms with van der Waals surface area (Å²) in [6.07, 6.45) is 2.62. The number of fused-ring (bicyclic) bond motifs is 18. The molecule has 0 bridgehead atoms. The van der Waals surface area contributed by atoms with Crippen LogP contribution in [-0.4, -0.2) is 60.0 Å². The molecular weight excluding hydrogens is 2140 g/mol. The van der Waals surface area contributed by atoms with Crippen molar-refractivity contribution in [3.8, 4) is 55.6 Å². The van der Waals surface area contributed by atoms with E-state index in [1.165, 1.54) is 162 Å². The Morgan fingerprint density at radius 3 is 0.800 bits per heavy atom. The van der Waals surface area contributed by atoms with Gasteiger partial charge < -0.3 is 41.0 Å². The summed E-state index contributed by atoms with van der Waals surface area (Å²) in [6.45, 7) is 17.5. The minimum absolute atomic E-state index is 0. The molecule has 0 saturated carbocycles. The summed E-state index contributed by atoms with van der Waals surface area (Å²) in [5.74, 6) is 0. The Morgan fingerprint density at radius 2 is 0.467 bits per heavy atom. The van der Waals surface area contributed by atoms with Gasteiger partial charge in [0.05, 0.1) is 0 Å². The third-order valence-electron chi connectivity index (χ3n) is 26.5. The molecule has 0 aliphatic heterocycles. The Morgan fingerprint density at radius 1 is 0.233 bits per heavy atom. The molecule has 150 heavy (non-hydrogen) atoms. The monoisotopic (exact) mass is 2250 g/mol. The minimum Gasteiger partial charge on any atom is -0.423 e. The van der Waals surface area contributed by atoms with Crippen LogP contribution in [0.1, 0.15) is 61.3 Å². The zero-order valence-corrected chi connectivity index (χ0v) is 92.1. The van der Waals surface area contributed by atoms with Crippen LogP contribution in [0.3, 0.4) is 0 Å². The largest absolute Gasteiger partial charge is 1.00 e. The number of unbranched alkanes of at least 4 members (excludes halogenated alkanes) is 1. The Hall–Kier alpha value is -13.2. The van der Waals surface area contributed by atoms with Crippen molar-refractivity contribution in [2.24, 2.45) is 0 Å². The van der Waals surface area contributed by atoms with Gasteiger partial charge in [0.15, 0.2) is 0 Å². The third kappa shape index (κ3) is 25.8. The topological polar surface area (TPSA) is 109 Å². The van der Waals surface area contributed by atoms with E-state index in [-0.39, 0.29) is 37.2 Å². The summed E-state index contributed by atoms with van der Waals surface area (Å²) in [5, 5.41) is 72.4. The fourth-order valence-electron chi connectivity index (χ4n) is 19.4. The van der Waals surface area contributed by atoms with Gasteiger partial charge in [-0.3, -0.25) is 0 Å². The van der Waals surface area contributed by atoms with Gasteiger partial charge in [-0.1, -0.05) is 462 Å². The van der Waals surface area contributed by atoms with Crippen molar-refractivity contribution in [3.05, 3.63) is 497 Å². The van der Waals surface area contributed by atoms with Gasteiger partial charge in [-0.25, -0.2) is 0 Å².